The quantitative estimate of drug-likeness (QED) is 0.512. The van der Waals surface area contributed by atoms with E-state index < -0.39 is 13.4 Å². The van der Waals surface area contributed by atoms with Gasteiger partial charge < -0.3 is 0 Å². The molecule has 56 valence electrons. The third-order valence-electron chi connectivity index (χ3n) is 0.621. The normalized spacial score (nSPS) is 14.0. The van der Waals surface area contributed by atoms with Gasteiger partial charge in [0, 0.05) is 0 Å². The lowest BCUT2D eigenvalue weighted by Gasteiger charge is -2.15. The summed E-state index contributed by atoms with van der Waals surface area (Å²) in [6.07, 6.45) is 0. The zero-order valence-corrected chi connectivity index (χ0v) is 10.2. The van der Waals surface area contributed by atoms with Gasteiger partial charge in [-0.05, 0) is 18.8 Å². The molecule has 0 saturated heterocycles. The molecule has 0 bridgehead atoms. The lowest BCUT2D eigenvalue weighted by Crippen LogP contribution is -2.26. The van der Waals surface area contributed by atoms with Crippen LogP contribution in [0.2, 0.25) is 18.8 Å². The molecule has 0 atom stereocenters. The van der Waals surface area contributed by atoms with E-state index in [2.05, 4.69) is 0 Å². The van der Waals surface area contributed by atoms with Crippen molar-refractivity contribution in [2.45, 2.75) is 18.8 Å². The van der Waals surface area contributed by atoms with Crippen molar-refractivity contribution in [2.24, 2.45) is 0 Å². The van der Waals surface area contributed by atoms with Gasteiger partial charge in [-0.2, -0.15) is 0 Å². The van der Waals surface area contributed by atoms with Crippen molar-refractivity contribution in [2.75, 3.05) is 0 Å². The number of rotatable bonds is 2. The van der Waals surface area contributed by atoms with Crippen molar-refractivity contribution in [3.63, 3.8) is 0 Å². The zero-order chi connectivity index (χ0) is 7.71. The van der Waals surface area contributed by atoms with E-state index in [1.807, 2.05) is 13.1 Å². The van der Waals surface area contributed by atoms with Gasteiger partial charge in [-0.3, -0.25) is 0 Å². The minimum Gasteiger partial charge on any atom is -0.146 e. The summed E-state index contributed by atoms with van der Waals surface area (Å²) in [4.78, 5) is 0. The molecule has 0 aromatic rings. The molecular weight excluding hydrogens is 234 g/mol. The first kappa shape index (κ1) is 10.6. The van der Waals surface area contributed by atoms with Crippen molar-refractivity contribution >= 4 is 57.7 Å². The highest BCUT2D eigenvalue weighted by atomic mass is 35.7. The summed E-state index contributed by atoms with van der Waals surface area (Å²) < 4.78 is 0. The van der Waals surface area contributed by atoms with Gasteiger partial charge in [0.05, 0.1) is 0 Å². The molecule has 0 aromatic carbocycles. The number of hydrogen-bond acceptors (Lipinski definition) is 0. The van der Waals surface area contributed by atoms with Crippen LogP contribution < -0.4 is 0 Å². The monoisotopic (exact) mass is 240 g/mol. The average molecular weight is 242 g/mol. The fourth-order valence-electron chi connectivity index (χ4n) is 0.545. The molecular formula is C3H8Cl4Si2. The Morgan fingerprint density at radius 3 is 1.11 bits per heavy atom. The molecule has 0 N–H and O–H groups in total. The lowest BCUT2D eigenvalue weighted by atomic mass is 11.8. The van der Waals surface area contributed by atoms with Gasteiger partial charge in [0.2, 0.25) is 13.4 Å². The molecule has 0 nitrogen and oxygen atoms in total. The fraction of sp³-hybridized carbons (Fsp3) is 1.00. The molecule has 0 radical (unpaired) electrons. The van der Waals surface area contributed by atoms with Crippen LogP contribution in [-0.2, 0) is 0 Å². The Balaban J connectivity index is 3.75. The Morgan fingerprint density at radius 2 is 1.11 bits per heavy atom. The van der Waals surface area contributed by atoms with Crippen LogP contribution in [0.5, 0.6) is 0 Å². The minimum atomic E-state index is -2.05. The highest BCUT2D eigenvalue weighted by Gasteiger charge is 2.34. The number of halogens is 4. The molecule has 0 heterocycles. The van der Waals surface area contributed by atoms with Crippen LogP contribution >= 0.6 is 44.3 Å². The number of hydrogen-bond donors (Lipinski definition) is 0. The van der Waals surface area contributed by atoms with Gasteiger partial charge in [-0.1, -0.05) is 0 Å². The maximum absolute atomic E-state index is 5.79. The molecule has 0 aliphatic carbocycles. The molecule has 9 heavy (non-hydrogen) atoms. The summed E-state index contributed by atoms with van der Waals surface area (Å²) >= 11 is 23.2. The van der Waals surface area contributed by atoms with E-state index in [9.17, 15) is 0 Å². The summed E-state index contributed by atoms with van der Waals surface area (Å²) in [7, 11) is 0. The first-order valence-electron chi connectivity index (χ1n) is 2.46. The second-order valence-corrected chi connectivity index (χ2v) is 19.2. The first-order chi connectivity index (χ1) is 3.71. The van der Waals surface area contributed by atoms with Crippen LogP contribution in [0.1, 0.15) is 0 Å². The van der Waals surface area contributed by atoms with E-state index in [0.717, 1.165) is 0 Å². The Hall–Kier alpha value is 1.59. The van der Waals surface area contributed by atoms with E-state index in [0.29, 0.717) is 5.67 Å². The Kier molecular flexibility index (Phi) is 3.92. The molecule has 0 fully saturated rings. The van der Waals surface area contributed by atoms with Crippen molar-refractivity contribution < 1.29 is 0 Å². The third kappa shape index (κ3) is 9.59. The van der Waals surface area contributed by atoms with Crippen molar-refractivity contribution in [3.8, 4) is 0 Å². The van der Waals surface area contributed by atoms with E-state index >= 15 is 0 Å². The largest absolute Gasteiger partial charge is 0.248 e. The molecule has 0 saturated carbocycles. The Morgan fingerprint density at radius 1 is 0.889 bits per heavy atom. The van der Waals surface area contributed by atoms with E-state index in [1.54, 1.807) is 0 Å². The standard InChI is InChI=1S/C3H8Cl4Si2/c1-8(4,5)3-9(2,6)7/h3H2,1-2H3. The molecule has 0 aliphatic heterocycles. The summed E-state index contributed by atoms with van der Waals surface area (Å²) in [6, 6.07) is 0. The van der Waals surface area contributed by atoms with Crippen LogP contribution in [-0.4, -0.2) is 13.4 Å². The molecule has 0 rings (SSSR count). The maximum atomic E-state index is 5.79. The highest BCUT2D eigenvalue weighted by molar-refractivity contribution is 7.55. The smallest absolute Gasteiger partial charge is 0.146 e. The molecule has 0 unspecified atom stereocenters. The second kappa shape index (κ2) is 3.33. The summed E-state index contributed by atoms with van der Waals surface area (Å²) in [5, 5.41) is 0. The summed E-state index contributed by atoms with van der Waals surface area (Å²) in [5.74, 6) is 0. The maximum Gasteiger partial charge on any atom is 0.248 e. The van der Waals surface area contributed by atoms with Gasteiger partial charge in [0.1, 0.15) is 0 Å². The molecule has 0 spiro atoms. The summed E-state index contributed by atoms with van der Waals surface area (Å²) in [6.45, 7) is -0.450. The van der Waals surface area contributed by atoms with Gasteiger partial charge in [-0.25, -0.2) is 0 Å². The average Bonchev–Trinajstić information content (AvgIpc) is 1.14. The van der Waals surface area contributed by atoms with Gasteiger partial charge >= 0.3 is 0 Å². The molecule has 0 aromatic heterocycles. The van der Waals surface area contributed by atoms with Crippen molar-refractivity contribution in [3.05, 3.63) is 0 Å². The summed E-state index contributed by atoms with van der Waals surface area (Å²) in [5.41, 5.74) is 0.631. The SMILES string of the molecule is C[Si](Cl)(Cl)C[Si](C)(Cl)Cl. The highest BCUT2D eigenvalue weighted by Crippen LogP contribution is 2.31. The van der Waals surface area contributed by atoms with Gasteiger partial charge in [0.15, 0.2) is 0 Å². The zero-order valence-electron chi connectivity index (χ0n) is 5.22. The predicted molar refractivity (Wildman–Crippen MR) is 51.5 cm³/mol. The second-order valence-electron chi connectivity index (χ2n) is 2.32. The van der Waals surface area contributed by atoms with E-state index in [4.69, 9.17) is 44.3 Å². The van der Waals surface area contributed by atoms with Crippen LogP contribution in [0.3, 0.4) is 0 Å². The van der Waals surface area contributed by atoms with Crippen molar-refractivity contribution in [1.82, 2.24) is 0 Å². The van der Waals surface area contributed by atoms with E-state index in [-0.39, 0.29) is 0 Å². The van der Waals surface area contributed by atoms with Crippen molar-refractivity contribution in [1.29, 1.82) is 0 Å². The Labute approximate surface area is 76.3 Å². The third-order valence-corrected chi connectivity index (χ3v) is 10.4. The van der Waals surface area contributed by atoms with E-state index in [1.165, 1.54) is 0 Å². The molecule has 0 amide bonds. The fourth-order valence-corrected chi connectivity index (χ4v) is 17.0. The van der Waals surface area contributed by atoms with Gasteiger partial charge in [-0.15, -0.1) is 44.3 Å². The lowest BCUT2D eigenvalue weighted by molar-refractivity contribution is 1.82. The predicted octanol–water partition coefficient (Wildman–Crippen LogP) is 3.62. The molecule has 6 heteroatoms. The Bertz CT molecular complexity index is 79.0. The van der Waals surface area contributed by atoms with Crippen LogP contribution in [0.15, 0.2) is 0 Å². The minimum absolute atomic E-state index is 0.631. The van der Waals surface area contributed by atoms with Gasteiger partial charge in [0.25, 0.3) is 0 Å². The van der Waals surface area contributed by atoms with Crippen LogP contribution in [0.4, 0.5) is 0 Å². The first-order valence-corrected chi connectivity index (χ1v) is 11.9. The van der Waals surface area contributed by atoms with Crippen LogP contribution in [0.25, 0.3) is 0 Å². The van der Waals surface area contributed by atoms with Crippen LogP contribution in [0, 0.1) is 0 Å². The topological polar surface area (TPSA) is 0 Å². The molecule has 0 aliphatic rings.